The van der Waals surface area contributed by atoms with Gasteiger partial charge in [0, 0.05) is 38.1 Å². The molecule has 0 aliphatic carbocycles. The number of aryl methyl sites for hydroxylation is 2. The highest BCUT2D eigenvalue weighted by molar-refractivity contribution is 5.92. The first-order chi connectivity index (χ1) is 13.1. The van der Waals surface area contributed by atoms with E-state index in [-0.39, 0.29) is 5.91 Å². The fourth-order valence-corrected chi connectivity index (χ4v) is 2.89. The normalized spacial score (nSPS) is 11.4. The van der Waals surface area contributed by atoms with E-state index in [1.54, 1.807) is 13.2 Å². The molecule has 2 heterocycles. The van der Waals surface area contributed by atoms with Crippen molar-refractivity contribution in [3.8, 4) is 11.3 Å². The Morgan fingerprint density at radius 2 is 1.96 bits per heavy atom. The maximum absolute atomic E-state index is 12.1. The molecule has 140 valence electrons. The topological polar surface area (TPSA) is 55.6 Å². The largest absolute Gasteiger partial charge is 0.385 e. The first kappa shape index (κ1) is 18.9. The molecule has 0 spiro atoms. The van der Waals surface area contributed by atoms with E-state index in [1.165, 1.54) is 5.56 Å². The van der Waals surface area contributed by atoms with Crippen molar-refractivity contribution >= 4 is 17.6 Å². The molecule has 0 radical (unpaired) electrons. The maximum atomic E-state index is 12.1. The number of methoxy groups -OCH3 is 1. The predicted octanol–water partition coefficient (Wildman–Crippen LogP) is 3.78. The van der Waals surface area contributed by atoms with Gasteiger partial charge in [0.25, 0.3) is 0 Å². The molecule has 0 aliphatic rings. The smallest absolute Gasteiger partial charge is 0.244 e. The van der Waals surface area contributed by atoms with Gasteiger partial charge in [-0.05, 0) is 44.0 Å². The van der Waals surface area contributed by atoms with Gasteiger partial charge in [0.15, 0.2) is 0 Å². The molecule has 3 rings (SSSR count). The Labute approximate surface area is 159 Å². The highest BCUT2D eigenvalue weighted by Gasteiger charge is 2.12. The number of rotatable bonds is 7. The van der Waals surface area contributed by atoms with Gasteiger partial charge in [-0.1, -0.05) is 29.8 Å². The molecule has 0 unspecified atom stereocenters. The van der Waals surface area contributed by atoms with Gasteiger partial charge in [-0.2, -0.15) is 0 Å². The van der Waals surface area contributed by atoms with Crippen LogP contribution in [0.4, 0.5) is 0 Å². The summed E-state index contributed by atoms with van der Waals surface area (Å²) in [5.41, 5.74) is 6.00. The minimum absolute atomic E-state index is 0.122. The van der Waals surface area contributed by atoms with E-state index in [0.29, 0.717) is 13.2 Å². The second-order valence-corrected chi connectivity index (χ2v) is 6.61. The number of nitrogens with zero attached hydrogens (tertiary/aromatic N) is 2. The van der Waals surface area contributed by atoms with Gasteiger partial charge in [-0.15, -0.1) is 0 Å². The molecule has 0 saturated heterocycles. The van der Waals surface area contributed by atoms with Crippen molar-refractivity contribution < 1.29 is 9.53 Å². The van der Waals surface area contributed by atoms with Crippen molar-refractivity contribution in [1.82, 2.24) is 14.7 Å². The van der Waals surface area contributed by atoms with E-state index in [9.17, 15) is 4.79 Å². The third-order valence-electron chi connectivity index (χ3n) is 4.36. The van der Waals surface area contributed by atoms with Gasteiger partial charge in [0.2, 0.25) is 5.91 Å². The Hall–Kier alpha value is -2.92. The van der Waals surface area contributed by atoms with E-state index in [1.807, 2.05) is 35.7 Å². The van der Waals surface area contributed by atoms with Crippen molar-refractivity contribution in [2.75, 3.05) is 20.3 Å². The summed E-state index contributed by atoms with van der Waals surface area (Å²) in [4.78, 5) is 16.9. The quantitative estimate of drug-likeness (QED) is 0.513. The average molecular weight is 363 g/mol. The number of nitrogens with one attached hydrogen (secondary N) is 1. The van der Waals surface area contributed by atoms with Crippen LogP contribution in [0.25, 0.3) is 23.0 Å². The summed E-state index contributed by atoms with van der Waals surface area (Å²) < 4.78 is 7.00. The molecule has 3 aromatic rings. The fourth-order valence-electron chi connectivity index (χ4n) is 2.89. The number of carbonyl (C=O) groups excluding carboxylic acids is 1. The van der Waals surface area contributed by atoms with Crippen molar-refractivity contribution in [2.24, 2.45) is 0 Å². The molecule has 0 bridgehead atoms. The van der Waals surface area contributed by atoms with Crippen LogP contribution in [0.2, 0.25) is 0 Å². The molecular weight excluding hydrogens is 338 g/mol. The Kier molecular flexibility index (Phi) is 6.04. The van der Waals surface area contributed by atoms with Crippen LogP contribution >= 0.6 is 0 Å². The van der Waals surface area contributed by atoms with Crippen LogP contribution in [0.15, 0.2) is 48.7 Å². The first-order valence-corrected chi connectivity index (χ1v) is 9.09. The summed E-state index contributed by atoms with van der Waals surface area (Å²) in [7, 11) is 1.65. The van der Waals surface area contributed by atoms with Crippen molar-refractivity contribution in [3.63, 3.8) is 0 Å². The molecule has 1 aromatic carbocycles. The summed E-state index contributed by atoms with van der Waals surface area (Å²) >= 11 is 0. The highest BCUT2D eigenvalue weighted by atomic mass is 16.5. The number of pyridine rings is 1. The number of imidazole rings is 1. The van der Waals surface area contributed by atoms with E-state index in [0.717, 1.165) is 34.6 Å². The Balaban J connectivity index is 1.92. The van der Waals surface area contributed by atoms with Crippen molar-refractivity contribution in [3.05, 3.63) is 65.5 Å². The molecule has 5 nitrogen and oxygen atoms in total. The monoisotopic (exact) mass is 363 g/mol. The van der Waals surface area contributed by atoms with Crippen molar-refractivity contribution in [1.29, 1.82) is 0 Å². The Morgan fingerprint density at radius 1 is 1.19 bits per heavy atom. The SMILES string of the molecule is COCCCNC(=O)/C=C/c1c(-c2ccc(C)cc2)nc2cc(C)ccn12. The molecule has 5 heteroatoms. The van der Waals surface area contributed by atoms with Crippen LogP contribution in [0.1, 0.15) is 23.2 Å². The molecule has 0 saturated carbocycles. The third-order valence-corrected chi connectivity index (χ3v) is 4.36. The Morgan fingerprint density at radius 3 is 2.70 bits per heavy atom. The lowest BCUT2D eigenvalue weighted by molar-refractivity contribution is -0.116. The van der Waals surface area contributed by atoms with Crippen LogP contribution in [-0.2, 0) is 9.53 Å². The van der Waals surface area contributed by atoms with E-state index in [2.05, 4.69) is 36.5 Å². The number of hydrogen-bond donors (Lipinski definition) is 1. The minimum Gasteiger partial charge on any atom is -0.385 e. The third kappa shape index (κ3) is 4.63. The second kappa shape index (κ2) is 8.64. The summed E-state index contributed by atoms with van der Waals surface area (Å²) in [6, 6.07) is 12.3. The lowest BCUT2D eigenvalue weighted by Gasteiger charge is -2.03. The van der Waals surface area contributed by atoms with Crippen molar-refractivity contribution in [2.45, 2.75) is 20.3 Å². The number of ether oxygens (including phenoxy) is 1. The predicted molar refractivity (Wildman–Crippen MR) is 109 cm³/mol. The lowest BCUT2D eigenvalue weighted by Crippen LogP contribution is -2.22. The molecule has 0 atom stereocenters. The Bertz CT molecular complexity index is 956. The standard InChI is InChI=1S/C22H25N3O2/c1-16-5-7-18(8-6-16)22-19(9-10-21(26)23-12-4-14-27-3)25-13-11-17(2)15-20(25)24-22/h5-11,13,15H,4,12,14H2,1-3H3,(H,23,26)/b10-9+. The van der Waals surface area contributed by atoms with E-state index in [4.69, 9.17) is 9.72 Å². The van der Waals surface area contributed by atoms with Gasteiger partial charge in [0.05, 0.1) is 11.4 Å². The molecule has 27 heavy (non-hydrogen) atoms. The zero-order valence-electron chi connectivity index (χ0n) is 16.0. The summed E-state index contributed by atoms with van der Waals surface area (Å²) in [6.45, 7) is 5.33. The second-order valence-electron chi connectivity index (χ2n) is 6.61. The van der Waals surface area contributed by atoms with Crippen LogP contribution in [0.5, 0.6) is 0 Å². The molecule has 2 aromatic heterocycles. The molecular formula is C22H25N3O2. The molecule has 0 aliphatic heterocycles. The summed E-state index contributed by atoms with van der Waals surface area (Å²) in [5.74, 6) is -0.122. The number of fused-ring (bicyclic) bond motifs is 1. The van der Waals surface area contributed by atoms with E-state index >= 15 is 0 Å². The maximum Gasteiger partial charge on any atom is 0.244 e. The van der Waals surface area contributed by atoms with Gasteiger partial charge in [-0.25, -0.2) is 4.98 Å². The van der Waals surface area contributed by atoms with Gasteiger partial charge < -0.3 is 10.1 Å². The minimum atomic E-state index is -0.122. The molecule has 0 fully saturated rings. The molecule has 1 amide bonds. The van der Waals surface area contributed by atoms with Crippen LogP contribution < -0.4 is 5.32 Å². The van der Waals surface area contributed by atoms with Crippen LogP contribution in [0, 0.1) is 13.8 Å². The summed E-state index contributed by atoms with van der Waals surface area (Å²) in [5, 5.41) is 2.87. The fraction of sp³-hybridized carbons (Fsp3) is 0.273. The zero-order valence-corrected chi connectivity index (χ0v) is 16.0. The number of benzene rings is 1. The number of amides is 1. The first-order valence-electron chi connectivity index (χ1n) is 9.09. The lowest BCUT2D eigenvalue weighted by atomic mass is 10.1. The number of hydrogen-bond acceptors (Lipinski definition) is 3. The van der Waals surface area contributed by atoms with Gasteiger partial charge in [0.1, 0.15) is 5.65 Å². The van der Waals surface area contributed by atoms with Gasteiger partial charge >= 0.3 is 0 Å². The highest BCUT2D eigenvalue weighted by Crippen LogP contribution is 2.26. The van der Waals surface area contributed by atoms with Crippen LogP contribution in [0.3, 0.4) is 0 Å². The average Bonchev–Trinajstić information content (AvgIpc) is 3.01. The number of carbonyl (C=O) groups is 1. The van der Waals surface area contributed by atoms with Gasteiger partial charge in [-0.3, -0.25) is 9.20 Å². The van der Waals surface area contributed by atoms with E-state index < -0.39 is 0 Å². The van der Waals surface area contributed by atoms with Crippen LogP contribution in [-0.4, -0.2) is 35.6 Å². The molecule has 1 N–H and O–H groups in total. The summed E-state index contributed by atoms with van der Waals surface area (Å²) in [6.07, 6.45) is 6.18. The zero-order chi connectivity index (χ0) is 19.2. The number of aromatic nitrogens is 2.